The molecule has 27 heavy (non-hydrogen) atoms. The SMILES string of the molecule is COc1cccc(Oc2ccc(CNC(=O)c3cccc(C)c3C)cn2)c1. The van der Waals surface area contributed by atoms with Gasteiger partial charge in [-0.05, 0) is 48.7 Å². The highest BCUT2D eigenvalue weighted by molar-refractivity contribution is 5.95. The lowest BCUT2D eigenvalue weighted by Crippen LogP contribution is -2.23. The van der Waals surface area contributed by atoms with Crippen LogP contribution in [0.4, 0.5) is 0 Å². The molecule has 0 aliphatic heterocycles. The van der Waals surface area contributed by atoms with Gasteiger partial charge in [-0.1, -0.05) is 24.3 Å². The van der Waals surface area contributed by atoms with E-state index in [1.165, 1.54) is 0 Å². The normalized spacial score (nSPS) is 10.3. The van der Waals surface area contributed by atoms with Gasteiger partial charge in [0.1, 0.15) is 11.5 Å². The first-order valence-electron chi connectivity index (χ1n) is 8.68. The van der Waals surface area contributed by atoms with Gasteiger partial charge < -0.3 is 14.8 Å². The number of amides is 1. The number of aromatic nitrogens is 1. The van der Waals surface area contributed by atoms with E-state index in [4.69, 9.17) is 9.47 Å². The Morgan fingerprint density at radius 3 is 2.56 bits per heavy atom. The van der Waals surface area contributed by atoms with Gasteiger partial charge in [0.2, 0.25) is 5.88 Å². The fourth-order valence-corrected chi connectivity index (χ4v) is 2.64. The second kappa shape index (κ2) is 8.36. The molecule has 0 saturated heterocycles. The number of nitrogens with one attached hydrogen (secondary N) is 1. The summed E-state index contributed by atoms with van der Waals surface area (Å²) in [4.78, 5) is 16.7. The summed E-state index contributed by atoms with van der Waals surface area (Å²) in [6.45, 7) is 4.35. The fourth-order valence-electron chi connectivity index (χ4n) is 2.64. The van der Waals surface area contributed by atoms with Gasteiger partial charge in [-0.15, -0.1) is 0 Å². The minimum absolute atomic E-state index is 0.0899. The van der Waals surface area contributed by atoms with Gasteiger partial charge in [-0.3, -0.25) is 4.79 Å². The quantitative estimate of drug-likeness (QED) is 0.705. The van der Waals surface area contributed by atoms with Crippen molar-refractivity contribution in [2.75, 3.05) is 7.11 Å². The summed E-state index contributed by atoms with van der Waals surface area (Å²) in [5, 5.41) is 2.93. The first-order chi connectivity index (χ1) is 13.1. The topological polar surface area (TPSA) is 60.5 Å². The summed E-state index contributed by atoms with van der Waals surface area (Å²) in [7, 11) is 1.61. The van der Waals surface area contributed by atoms with E-state index in [1.807, 2.05) is 56.3 Å². The molecule has 0 atom stereocenters. The van der Waals surface area contributed by atoms with Crippen LogP contribution >= 0.6 is 0 Å². The number of methoxy groups -OCH3 is 1. The van der Waals surface area contributed by atoms with Crippen molar-refractivity contribution in [2.45, 2.75) is 20.4 Å². The third-order valence-corrected chi connectivity index (χ3v) is 4.36. The van der Waals surface area contributed by atoms with Crippen LogP contribution in [0.15, 0.2) is 60.8 Å². The maximum absolute atomic E-state index is 12.4. The number of nitrogens with zero attached hydrogens (tertiary/aromatic N) is 1. The Hall–Kier alpha value is -3.34. The van der Waals surface area contributed by atoms with E-state index in [2.05, 4.69) is 10.3 Å². The Balaban J connectivity index is 1.60. The van der Waals surface area contributed by atoms with Crippen LogP contribution in [0.3, 0.4) is 0 Å². The molecular weight excluding hydrogens is 340 g/mol. The summed E-state index contributed by atoms with van der Waals surface area (Å²) in [6.07, 6.45) is 1.69. The van der Waals surface area contributed by atoms with Crippen LogP contribution in [-0.2, 0) is 6.54 Å². The van der Waals surface area contributed by atoms with E-state index in [1.54, 1.807) is 25.4 Å². The molecule has 1 aromatic heterocycles. The lowest BCUT2D eigenvalue weighted by Gasteiger charge is -2.10. The van der Waals surface area contributed by atoms with Crippen molar-refractivity contribution >= 4 is 5.91 Å². The number of pyridine rings is 1. The summed E-state index contributed by atoms with van der Waals surface area (Å²) >= 11 is 0. The lowest BCUT2D eigenvalue weighted by atomic mass is 10.0. The van der Waals surface area contributed by atoms with Crippen molar-refractivity contribution in [1.29, 1.82) is 0 Å². The van der Waals surface area contributed by atoms with E-state index < -0.39 is 0 Å². The minimum Gasteiger partial charge on any atom is -0.497 e. The van der Waals surface area contributed by atoms with Crippen molar-refractivity contribution < 1.29 is 14.3 Å². The molecule has 0 radical (unpaired) electrons. The van der Waals surface area contributed by atoms with Crippen molar-refractivity contribution in [3.63, 3.8) is 0 Å². The second-order valence-corrected chi connectivity index (χ2v) is 6.22. The van der Waals surface area contributed by atoms with Crippen LogP contribution in [0.1, 0.15) is 27.0 Å². The number of aryl methyl sites for hydroxylation is 1. The lowest BCUT2D eigenvalue weighted by molar-refractivity contribution is 0.0950. The Morgan fingerprint density at radius 2 is 1.81 bits per heavy atom. The third kappa shape index (κ3) is 4.64. The molecule has 1 N–H and O–H groups in total. The maximum atomic E-state index is 12.4. The molecule has 3 aromatic rings. The monoisotopic (exact) mass is 362 g/mol. The molecule has 0 spiro atoms. The van der Waals surface area contributed by atoms with E-state index >= 15 is 0 Å². The van der Waals surface area contributed by atoms with Crippen molar-refractivity contribution in [1.82, 2.24) is 10.3 Å². The Bertz CT molecular complexity index is 937. The minimum atomic E-state index is -0.0899. The largest absolute Gasteiger partial charge is 0.497 e. The van der Waals surface area contributed by atoms with Crippen LogP contribution < -0.4 is 14.8 Å². The predicted octanol–water partition coefficient (Wildman–Crippen LogP) is 4.43. The summed E-state index contributed by atoms with van der Waals surface area (Å²) in [5.41, 5.74) is 3.69. The Morgan fingerprint density at radius 1 is 1.04 bits per heavy atom. The zero-order chi connectivity index (χ0) is 19.2. The van der Waals surface area contributed by atoms with Crippen molar-refractivity contribution in [2.24, 2.45) is 0 Å². The van der Waals surface area contributed by atoms with Crippen LogP contribution in [-0.4, -0.2) is 18.0 Å². The molecule has 0 aliphatic rings. The molecule has 0 aliphatic carbocycles. The van der Waals surface area contributed by atoms with Gasteiger partial charge in [0.25, 0.3) is 5.91 Å². The van der Waals surface area contributed by atoms with Crippen molar-refractivity contribution in [3.05, 3.63) is 83.0 Å². The second-order valence-electron chi connectivity index (χ2n) is 6.22. The number of ether oxygens (including phenoxy) is 2. The molecule has 5 heteroatoms. The van der Waals surface area contributed by atoms with E-state index in [9.17, 15) is 4.79 Å². The maximum Gasteiger partial charge on any atom is 0.251 e. The average molecular weight is 362 g/mol. The predicted molar refractivity (Wildman–Crippen MR) is 104 cm³/mol. The number of hydrogen-bond acceptors (Lipinski definition) is 4. The van der Waals surface area contributed by atoms with Gasteiger partial charge >= 0.3 is 0 Å². The number of carbonyl (C=O) groups is 1. The third-order valence-electron chi connectivity index (χ3n) is 4.36. The van der Waals surface area contributed by atoms with E-state index in [0.29, 0.717) is 23.7 Å². The van der Waals surface area contributed by atoms with E-state index in [0.717, 1.165) is 22.4 Å². The van der Waals surface area contributed by atoms with Crippen LogP contribution in [0, 0.1) is 13.8 Å². The summed E-state index contributed by atoms with van der Waals surface area (Å²) in [5.74, 6) is 1.76. The number of rotatable bonds is 6. The van der Waals surface area contributed by atoms with Crippen LogP contribution in [0.5, 0.6) is 17.4 Å². The number of hydrogen-bond donors (Lipinski definition) is 1. The van der Waals surface area contributed by atoms with Gasteiger partial charge in [0.05, 0.1) is 7.11 Å². The summed E-state index contributed by atoms with van der Waals surface area (Å²) < 4.78 is 10.9. The molecule has 138 valence electrons. The van der Waals surface area contributed by atoms with Crippen LogP contribution in [0.2, 0.25) is 0 Å². The number of benzene rings is 2. The van der Waals surface area contributed by atoms with Crippen molar-refractivity contribution in [3.8, 4) is 17.4 Å². The van der Waals surface area contributed by atoms with E-state index in [-0.39, 0.29) is 5.91 Å². The smallest absolute Gasteiger partial charge is 0.251 e. The highest BCUT2D eigenvalue weighted by Crippen LogP contribution is 2.23. The molecule has 0 fully saturated rings. The molecule has 1 heterocycles. The standard InChI is InChI=1S/C22H22N2O3/c1-15-6-4-9-20(16(15)2)22(25)24-14-17-10-11-21(23-13-17)27-19-8-5-7-18(12-19)26-3/h4-13H,14H2,1-3H3,(H,24,25). The molecular formula is C22H22N2O3. The zero-order valence-electron chi connectivity index (χ0n) is 15.7. The van der Waals surface area contributed by atoms with Gasteiger partial charge in [0, 0.05) is 30.4 Å². The van der Waals surface area contributed by atoms with Crippen LogP contribution in [0.25, 0.3) is 0 Å². The van der Waals surface area contributed by atoms with Gasteiger partial charge in [-0.2, -0.15) is 0 Å². The molecule has 3 rings (SSSR count). The highest BCUT2D eigenvalue weighted by atomic mass is 16.5. The van der Waals surface area contributed by atoms with Gasteiger partial charge in [0.15, 0.2) is 0 Å². The molecule has 5 nitrogen and oxygen atoms in total. The first kappa shape index (κ1) is 18.5. The zero-order valence-corrected chi connectivity index (χ0v) is 15.7. The number of carbonyl (C=O) groups excluding carboxylic acids is 1. The fraction of sp³-hybridized carbons (Fsp3) is 0.182. The first-order valence-corrected chi connectivity index (χ1v) is 8.68. The molecule has 2 aromatic carbocycles. The Kier molecular flexibility index (Phi) is 5.71. The summed E-state index contributed by atoms with van der Waals surface area (Å²) in [6, 6.07) is 16.7. The van der Waals surface area contributed by atoms with Gasteiger partial charge in [-0.25, -0.2) is 4.98 Å². The Labute approximate surface area is 159 Å². The highest BCUT2D eigenvalue weighted by Gasteiger charge is 2.10. The molecule has 0 saturated carbocycles. The molecule has 0 unspecified atom stereocenters. The molecule has 1 amide bonds. The average Bonchev–Trinajstić information content (AvgIpc) is 2.69. The molecule has 0 bridgehead atoms.